The molecular weight excluding hydrogens is 333 g/mol. The molecule has 0 unspecified atom stereocenters. The highest BCUT2D eigenvalue weighted by Gasteiger charge is 2.16. The Morgan fingerprint density at radius 1 is 1.08 bits per heavy atom. The number of benzene rings is 2. The molecular formula is C16H10FN3O3S. The molecule has 0 bridgehead atoms. The number of ether oxygens (including phenoxy) is 2. The number of fused-ring (bicyclic) bond motifs is 1. The molecule has 2 heterocycles. The summed E-state index contributed by atoms with van der Waals surface area (Å²) in [4.78, 5) is 12.1. The molecule has 1 N–H and O–H groups in total. The van der Waals surface area contributed by atoms with E-state index < -0.39 is 5.82 Å². The van der Waals surface area contributed by atoms with Gasteiger partial charge in [0.25, 0.3) is 5.91 Å². The van der Waals surface area contributed by atoms with Crippen LogP contribution in [0.3, 0.4) is 0 Å². The Morgan fingerprint density at radius 2 is 1.88 bits per heavy atom. The maximum Gasteiger partial charge on any atom is 0.257 e. The maximum absolute atomic E-state index is 12.9. The molecule has 1 aromatic heterocycles. The predicted octanol–water partition coefficient (Wildman–Crippen LogP) is 3.33. The van der Waals surface area contributed by atoms with E-state index in [1.165, 1.54) is 35.6 Å². The number of halogens is 1. The van der Waals surface area contributed by atoms with Gasteiger partial charge in [-0.2, -0.15) is 0 Å². The van der Waals surface area contributed by atoms with Crippen molar-refractivity contribution in [2.75, 3.05) is 12.1 Å². The lowest BCUT2D eigenvalue weighted by molar-refractivity contribution is 0.102. The number of rotatable bonds is 3. The van der Waals surface area contributed by atoms with Gasteiger partial charge in [-0.05, 0) is 42.5 Å². The first-order valence-corrected chi connectivity index (χ1v) is 7.81. The molecule has 8 heteroatoms. The minimum atomic E-state index is -0.396. The Bertz CT molecular complexity index is 911. The van der Waals surface area contributed by atoms with Crippen LogP contribution in [0.4, 0.5) is 9.52 Å². The number of nitrogens with zero attached hydrogens (tertiary/aromatic N) is 2. The molecule has 1 aliphatic rings. The molecule has 0 radical (unpaired) electrons. The summed E-state index contributed by atoms with van der Waals surface area (Å²) in [5.41, 5.74) is 1.16. The van der Waals surface area contributed by atoms with Crippen molar-refractivity contribution in [3.63, 3.8) is 0 Å². The van der Waals surface area contributed by atoms with Gasteiger partial charge in [0.15, 0.2) is 11.5 Å². The smallest absolute Gasteiger partial charge is 0.257 e. The summed E-state index contributed by atoms with van der Waals surface area (Å²) in [5.74, 6) is 0.573. The van der Waals surface area contributed by atoms with Gasteiger partial charge in [-0.1, -0.05) is 11.3 Å². The van der Waals surface area contributed by atoms with Gasteiger partial charge in [-0.15, -0.1) is 10.2 Å². The van der Waals surface area contributed by atoms with Crippen LogP contribution in [0.5, 0.6) is 11.5 Å². The largest absolute Gasteiger partial charge is 0.454 e. The monoisotopic (exact) mass is 343 g/mol. The summed E-state index contributed by atoms with van der Waals surface area (Å²) in [6, 6.07) is 10.7. The molecule has 24 heavy (non-hydrogen) atoms. The van der Waals surface area contributed by atoms with E-state index in [-0.39, 0.29) is 12.7 Å². The van der Waals surface area contributed by atoms with Gasteiger partial charge in [0.05, 0.1) is 0 Å². The van der Waals surface area contributed by atoms with Crippen LogP contribution < -0.4 is 14.8 Å². The van der Waals surface area contributed by atoms with E-state index in [1.807, 2.05) is 12.1 Å². The first-order valence-electron chi connectivity index (χ1n) is 6.99. The van der Waals surface area contributed by atoms with E-state index in [2.05, 4.69) is 15.5 Å². The van der Waals surface area contributed by atoms with E-state index in [4.69, 9.17) is 9.47 Å². The fraction of sp³-hybridized carbons (Fsp3) is 0.0625. The van der Waals surface area contributed by atoms with E-state index in [0.29, 0.717) is 27.2 Å². The van der Waals surface area contributed by atoms with Gasteiger partial charge < -0.3 is 9.47 Å². The van der Waals surface area contributed by atoms with E-state index in [0.717, 1.165) is 5.56 Å². The van der Waals surface area contributed by atoms with E-state index in [1.54, 1.807) is 6.07 Å². The van der Waals surface area contributed by atoms with Crippen LogP contribution in [-0.2, 0) is 0 Å². The fourth-order valence-corrected chi connectivity index (χ4v) is 2.93. The van der Waals surface area contributed by atoms with Crippen LogP contribution in [0.1, 0.15) is 10.4 Å². The van der Waals surface area contributed by atoms with Crippen LogP contribution in [0, 0.1) is 5.82 Å². The standard InChI is InChI=1S/C16H10FN3O3S/c17-11-4-1-9(2-5-11)14(21)18-16-20-19-15(24-16)10-3-6-12-13(7-10)23-8-22-12/h1-7H,8H2,(H,18,20,21). The minimum Gasteiger partial charge on any atom is -0.454 e. The van der Waals surface area contributed by atoms with Crippen molar-refractivity contribution in [1.29, 1.82) is 0 Å². The van der Waals surface area contributed by atoms with Crippen molar-refractivity contribution >= 4 is 22.4 Å². The van der Waals surface area contributed by atoms with Crippen molar-refractivity contribution in [2.24, 2.45) is 0 Å². The van der Waals surface area contributed by atoms with Crippen LogP contribution in [-0.4, -0.2) is 22.9 Å². The highest BCUT2D eigenvalue weighted by molar-refractivity contribution is 7.18. The third kappa shape index (κ3) is 2.79. The van der Waals surface area contributed by atoms with Crippen LogP contribution in [0.2, 0.25) is 0 Å². The summed E-state index contributed by atoms with van der Waals surface area (Å²) in [6.45, 7) is 0.202. The number of hydrogen-bond donors (Lipinski definition) is 1. The normalized spacial score (nSPS) is 12.2. The minimum absolute atomic E-state index is 0.202. The molecule has 4 rings (SSSR count). The van der Waals surface area contributed by atoms with Gasteiger partial charge in [0.2, 0.25) is 11.9 Å². The SMILES string of the molecule is O=C(Nc1nnc(-c2ccc3c(c2)OCO3)s1)c1ccc(F)cc1. The Balaban J connectivity index is 1.52. The fourth-order valence-electron chi connectivity index (χ4n) is 2.19. The Hall–Kier alpha value is -3.00. The third-order valence-electron chi connectivity index (χ3n) is 3.37. The zero-order chi connectivity index (χ0) is 16.5. The van der Waals surface area contributed by atoms with Crippen LogP contribution in [0.25, 0.3) is 10.6 Å². The highest BCUT2D eigenvalue weighted by atomic mass is 32.1. The predicted molar refractivity (Wildman–Crippen MR) is 85.8 cm³/mol. The summed E-state index contributed by atoms with van der Waals surface area (Å²) in [5, 5.41) is 11.7. The first kappa shape index (κ1) is 14.6. The number of carbonyl (C=O) groups excluding carboxylic acids is 1. The molecule has 0 aliphatic carbocycles. The van der Waals surface area contributed by atoms with Gasteiger partial charge in [-0.3, -0.25) is 10.1 Å². The second-order valence-electron chi connectivity index (χ2n) is 4.94. The lowest BCUT2D eigenvalue weighted by atomic mass is 10.2. The first-order chi connectivity index (χ1) is 11.7. The van der Waals surface area contributed by atoms with Gasteiger partial charge in [0, 0.05) is 11.1 Å². The molecule has 1 aliphatic heterocycles. The quantitative estimate of drug-likeness (QED) is 0.790. The molecule has 6 nitrogen and oxygen atoms in total. The topological polar surface area (TPSA) is 73.3 Å². The summed E-state index contributed by atoms with van der Waals surface area (Å²) in [6.07, 6.45) is 0. The lowest BCUT2D eigenvalue weighted by Crippen LogP contribution is -2.11. The van der Waals surface area contributed by atoms with Crippen molar-refractivity contribution in [3.8, 4) is 22.1 Å². The van der Waals surface area contributed by atoms with Crippen molar-refractivity contribution in [1.82, 2.24) is 10.2 Å². The molecule has 120 valence electrons. The second kappa shape index (κ2) is 5.89. The van der Waals surface area contributed by atoms with Gasteiger partial charge in [-0.25, -0.2) is 4.39 Å². The molecule has 0 spiro atoms. The molecule has 0 fully saturated rings. The van der Waals surface area contributed by atoms with E-state index in [9.17, 15) is 9.18 Å². The van der Waals surface area contributed by atoms with Gasteiger partial charge in [0.1, 0.15) is 10.8 Å². The van der Waals surface area contributed by atoms with Crippen molar-refractivity contribution in [3.05, 3.63) is 53.8 Å². The summed E-state index contributed by atoms with van der Waals surface area (Å²) >= 11 is 1.23. The zero-order valence-electron chi connectivity index (χ0n) is 12.2. The molecule has 3 aromatic rings. The Morgan fingerprint density at radius 3 is 2.71 bits per heavy atom. The lowest BCUT2D eigenvalue weighted by Gasteiger charge is -2.00. The zero-order valence-corrected chi connectivity index (χ0v) is 13.0. The molecule has 0 saturated carbocycles. The van der Waals surface area contributed by atoms with Gasteiger partial charge >= 0.3 is 0 Å². The van der Waals surface area contributed by atoms with Crippen LogP contribution >= 0.6 is 11.3 Å². The van der Waals surface area contributed by atoms with Crippen LogP contribution in [0.15, 0.2) is 42.5 Å². The average Bonchev–Trinajstić information content (AvgIpc) is 3.23. The maximum atomic E-state index is 12.9. The highest BCUT2D eigenvalue weighted by Crippen LogP contribution is 2.37. The van der Waals surface area contributed by atoms with Crippen molar-refractivity contribution in [2.45, 2.75) is 0 Å². The molecule has 0 atom stereocenters. The number of anilines is 1. The molecule has 2 aromatic carbocycles. The van der Waals surface area contributed by atoms with E-state index >= 15 is 0 Å². The number of aromatic nitrogens is 2. The second-order valence-corrected chi connectivity index (χ2v) is 5.92. The number of carbonyl (C=O) groups is 1. The number of nitrogens with one attached hydrogen (secondary N) is 1. The molecule has 0 saturated heterocycles. The number of amides is 1. The molecule has 1 amide bonds. The number of hydrogen-bond acceptors (Lipinski definition) is 6. The summed E-state index contributed by atoms with van der Waals surface area (Å²) < 4.78 is 23.5. The average molecular weight is 343 g/mol. The summed E-state index contributed by atoms with van der Waals surface area (Å²) in [7, 11) is 0. The van der Waals surface area contributed by atoms with Crippen molar-refractivity contribution < 1.29 is 18.7 Å². The third-order valence-corrected chi connectivity index (χ3v) is 4.26. The Labute approximate surface area is 139 Å². The Kier molecular flexibility index (Phi) is 3.58.